The molecule has 1 spiro atoms. The summed E-state index contributed by atoms with van der Waals surface area (Å²) in [6.45, 7) is 3.39. The fourth-order valence-electron chi connectivity index (χ4n) is 3.45. The smallest absolute Gasteiger partial charge is 0.157 e. The predicted octanol–water partition coefficient (Wildman–Crippen LogP) is 3.57. The summed E-state index contributed by atoms with van der Waals surface area (Å²) in [6, 6.07) is 0. The second kappa shape index (κ2) is 4.49. The summed E-state index contributed by atoms with van der Waals surface area (Å²) in [5.41, 5.74) is 1.00. The summed E-state index contributed by atoms with van der Waals surface area (Å²) in [4.78, 5) is 4.88. The van der Waals surface area contributed by atoms with Crippen molar-refractivity contribution in [1.29, 1.82) is 0 Å². The largest absolute Gasteiger partial charge is 0.359 e. The Labute approximate surface area is 109 Å². The molecule has 1 heterocycles. The maximum atomic E-state index is 4.88. The second-order valence-electron chi connectivity index (χ2n) is 6.23. The molecule has 0 aromatic carbocycles. The summed E-state index contributed by atoms with van der Waals surface area (Å²) in [6.07, 6.45) is 11.0. The van der Waals surface area contributed by atoms with Crippen LogP contribution in [0.25, 0.3) is 0 Å². The van der Waals surface area contributed by atoms with Gasteiger partial charge in [0, 0.05) is 17.8 Å². The van der Waals surface area contributed by atoms with Gasteiger partial charge >= 0.3 is 0 Å². The van der Waals surface area contributed by atoms with Crippen molar-refractivity contribution in [2.24, 2.45) is 10.4 Å². The molecule has 2 nitrogen and oxygen atoms in total. The molecule has 0 radical (unpaired) electrons. The molecule has 3 fully saturated rings. The van der Waals surface area contributed by atoms with Gasteiger partial charge in [0.25, 0.3) is 0 Å². The van der Waals surface area contributed by atoms with Crippen LogP contribution in [0, 0.1) is 5.41 Å². The quantitative estimate of drug-likeness (QED) is 0.830. The van der Waals surface area contributed by atoms with Gasteiger partial charge in [0.1, 0.15) is 0 Å². The number of nitrogens with one attached hydrogen (secondary N) is 1. The highest BCUT2D eigenvalue weighted by Gasteiger charge is 2.40. The molecule has 0 amide bonds. The fourth-order valence-corrected chi connectivity index (χ4v) is 4.67. The van der Waals surface area contributed by atoms with Crippen LogP contribution in [0.15, 0.2) is 4.99 Å². The maximum Gasteiger partial charge on any atom is 0.157 e. The van der Waals surface area contributed by atoms with Crippen LogP contribution in [0.4, 0.5) is 0 Å². The van der Waals surface area contributed by atoms with Crippen LogP contribution in [0.1, 0.15) is 58.3 Å². The number of amidine groups is 1. The van der Waals surface area contributed by atoms with Gasteiger partial charge in [0.2, 0.25) is 0 Å². The lowest BCUT2D eigenvalue weighted by molar-refractivity contribution is 0.139. The summed E-state index contributed by atoms with van der Waals surface area (Å²) < 4.78 is 0. The molecule has 3 rings (SSSR count). The Morgan fingerprint density at radius 2 is 1.94 bits per heavy atom. The Balaban J connectivity index is 1.58. The maximum absolute atomic E-state index is 4.88. The Morgan fingerprint density at radius 3 is 2.53 bits per heavy atom. The van der Waals surface area contributed by atoms with E-state index >= 15 is 0 Å². The van der Waals surface area contributed by atoms with Crippen LogP contribution < -0.4 is 5.32 Å². The van der Waals surface area contributed by atoms with E-state index in [1.54, 1.807) is 0 Å². The number of aliphatic imine (C=N–C) groups is 1. The van der Waals surface area contributed by atoms with Gasteiger partial charge in [0.15, 0.2) is 5.17 Å². The van der Waals surface area contributed by atoms with Gasteiger partial charge in [-0.3, -0.25) is 4.99 Å². The van der Waals surface area contributed by atoms with E-state index in [9.17, 15) is 0 Å². The molecule has 1 saturated heterocycles. The van der Waals surface area contributed by atoms with Crippen LogP contribution in [0.5, 0.6) is 0 Å². The minimum Gasteiger partial charge on any atom is -0.359 e. The molecule has 0 unspecified atom stereocenters. The van der Waals surface area contributed by atoms with Crippen LogP contribution in [0.3, 0.4) is 0 Å². The standard InChI is InChI=1S/C14H24N2S/c1-2-13(6-5-7-13)10-15-12-16-14(11-17-12)8-3-4-9-14/h2-11H2,1H3,(H,15,16). The third-order valence-electron chi connectivity index (χ3n) is 5.14. The Kier molecular flexibility index (Phi) is 3.14. The highest BCUT2D eigenvalue weighted by atomic mass is 32.2. The molecule has 0 bridgehead atoms. The van der Waals surface area contributed by atoms with Gasteiger partial charge in [-0.15, -0.1) is 0 Å². The third-order valence-corrected chi connectivity index (χ3v) is 6.34. The molecule has 1 aliphatic heterocycles. The average Bonchev–Trinajstić information content (AvgIpc) is 2.89. The monoisotopic (exact) mass is 252 g/mol. The van der Waals surface area contributed by atoms with E-state index in [-0.39, 0.29) is 0 Å². The minimum absolute atomic E-state index is 0.433. The van der Waals surface area contributed by atoms with Gasteiger partial charge < -0.3 is 5.32 Å². The Hall–Kier alpha value is -0.180. The van der Waals surface area contributed by atoms with Crippen molar-refractivity contribution in [3.05, 3.63) is 0 Å². The Morgan fingerprint density at radius 1 is 1.18 bits per heavy atom. The lowest BCUT2D eigenvalue weighted by atomic mass is 9.67. The lowest BCUT2D eigenvalue weighted by Gasteiger charge is -2.40. The Bertz CT molecular complexity index is 309. The number of hydrogen-bond acceptors (Lipinski definition) is 2. The second-order valence-corrected chi connectivity index (χ2v) is 7.19. The zero-order valence-electron chi connectivity index (χ0n) is 10.9. The minimum atomic E-state index is 0.433. The predicted molar refractivity (Wildman–Crippen MR) is 75.7 cm³/mol. The number of hydrogen-bond donors (Lipinski definition) is 1. The molecule has 3 heteroatoms. The summed E-state index contributed by atoms with van der Waals surface area (Å²) >= 11 is 1.96. The van der Waals surface area contributed by atoms with Crippen LogP contribution in [-0.2, 0) is 0 Å². The fraction of sp³-hybridized carbons (Fsp3) is 0.929. The summed E-state index contributed by atoms with van der Waals surface area (Å²) in [7, 11) is 0. The van der Waals surface area contributed by atoms with Gasteiger partial charge in [-0.05, 0) is 37.5 Å². The first-order chi connectivity index (χ1) is 8.26. The first-order valence-electron chi connectivity index (χ1n) is 7.21. The van der Waals surface area contributed by atoms with Crippen LogP contribution in [0.2, 0.25) is 0 Å². The van der Waals surface area contributed by atoms with E-state index in [2.05, 4.69) is 12.2 Å². The molecule has 0 aromatic rings. The molecular weight excluding hydrogens is 228 g/mol. The zero-order valence-corrected chi connectivity index (χ0v) is 11.7. The zero-order chi connectivity index (χ0) is 11.8. The normalized spacial score (nSPS) is 31.7. The highest BCUT2D eigenvalue weighted by Crippen LogP contribution is 2.44. The van der Waals surface area contributed by atoms with Crippen molar-refractivity contribution in [1.82, 2.24) is 5.32 Å². The van der Waals surface area contributed by atoms with Gasteiger partial charge in [-0.1, -0.05) is 37.9 Å². The van der Waals surface area contributed by atoms with E-state index < -0.39 is 0 Å². The van der Waals surface area contributed by atoms with E-state index in [1.807, 2.05) is 11.8 Å². The van der Waals surface area contributed by atoms with Crippen LogP contribution >= 0.6 is 11.8 Å². The molecule has 0 atom stereocenters. The van der Waals surface area contributed by atoms with E-state index in [1.165, 1.54) is 62.3 Å². The first kappa shape index (κ1) is 11.9. The number of rotatable bonds is 3. The molecule has 1 N–H and O–H groups in total. The topological polar surface area (TPSA) is 24.4 Å². The molecule has 2 aliphatic carbocycles. The third kappa shape index (κ3) is 2.23. The van der Waals surface area contributed by atoms with Crippen molar-refractivity contribution in [2.75, 3.05) is 12.3 Å². The van der Waals surface area contributed by atoms with Crippen molar-refractivity contribution < 1.29 is 0 Å². The number of thioether (sulfide) groups is 1. The number of nitrogens with zero attached hydrogens (tertiary/aromatic N) is 1. The summed E-state index contributed by atoms with van der Waals surface area (Å²) in [5.74, 6) is 1.25. The highest BCUT2D eigenvalue weighted by molar-refractivity contribution is 8.14. The molecule has 96 valence electrons. The van der Waals surface area contributed by atoms with E-state index in [0.29, 0.717) is 11.0 Å². The van der Waals surface area contributed by atoms with E-state index in [4.69, 9.17) is 4.99 Å². The van der Waals surface area contributed by atoms with Crippen molar-refractivity contribution >= 4 is 16.9 Å². The van der Waals surface area contributed by atoms with Crippen LogP contribution in [-0.4, -0.2) is 23.0 Å². The van der Waals surface area contributed by atoms with Gasteiger partial charge in [0.05, 0.1) is 0 Å². The van der Waals surface area contributed by atoms with Crippen molar-refractivity contribution in [3.63, 3.8) is 0 Å². The van der Waals surface area contributed by atoms with E-state index in [0.717, 1.165) is 6.54 Å². The molecular formula is C14H24N2S. The lowest BCUT2D eigenvalue weighted by Crippen LogP contribution is -2.41. The van der Waals surface area contributed by atoms with Gasteiger partial charge in [-0.2, -0.15) is 0 Å². The first-order valence-corrected chi connectivity index (χ1v) is 8.20. The average molecular weight is 252 g/mol. The SMILES string of the molecule is CCC1(CN=C2NC3(CCCC3)CS2)CCC1. The molecule has 2 saturated carbocycles. The summed E-state index contributed by atoms with van der Waals surface area (Å²) in [5, 5.41) is 4.97. The molecule has 3 aliphatic rings. The molecule has 0 aromatic heterocycles. The molecule has 17 heavy (non-hydrogen) atoms. The van der Waals surface area contributed by atoms with Crippen molar-refractivity contribution in [3.8, 4) is 0 Å². The van der Waals surface area contributed by atoms with Crippen molar-refractivity contribution in [2.45, 2.75) is 63.8 Å². The van der Waals surface area contributed by atoms with Gasteiger partial charge in [-0.25, -0.2) is 0 Å².